The van der Waals surface area contributed by atoms with Crippen LogP contribution in [0.15, 0.2) is 82.1 Å². The van der Waals surface area contributed by atoms with E-state index in [0.717, 1.165) is 11.3 Å². The molecule has 0 saturated carbocycles. The van der Waals surface area contributed by atoms with Gasteiger partial charge in [0.05, 0.1) is 30.8 Å². The highest BCUT2D eigenvalue weighted by Gasteiger charge is 2.29. The molecule has 0 unspecified atom stereocenters. The lowest BCUT2D eigenvalue weighted by Gasteiger charge is -2.25. The van der Waals surface area contributed by atoms with E-state index in [9.17, 15) is 8.42 Å². The normalized spacial score (nSPS) is 11.3. The first-order valence-electron chi connectivity index (χ1n) is 11.3. The number of anilines is 1. The van der Waals surface area contributed by atoms with Gasteiger partial charge in [0.25, 0.3) is 10.0 Å². The number of oxazole rings is 1. The Morgan fingerprint density at radius 3 is 2.37 bits per heavy atom. The maximum absolute atomic E-state index is 13.9. The third-order valence-electron chi connectivity index (χ3n) is 5.60. The topological polar surface area (TPSA) is 81.9 Å². The standard InChI is InChI=1S/C27H28N2O5S/c1-5-33-23-15-13-21(14-16-23)27-28-25(20(3)34-27)18-29(22-10-8-11-24(17-22)32-4)35(30,31)26-12-7-6-9-19(26)2/h6-17H,5,18H2,1-4H3. The first-order valence-corrected chi connectivity index (χ1v) is 12.7. The van der Waals surface area contributed by atoms with E-state index in [-0.39, 0.29) is 11.4 Å². The first-order chi connectivity index (χ1) is 16.8. The van der Waals surface area contributed by atoms with Gasteiger partial charge in [0.1, 0.15) is 23.0 Å². The Hall–Kier alpha value is -3.78. The van der Waals surface area contributed by atoms with E-state index in [1.807, 2.05) is 37.3 Å². The molecule has 0 saturated heterocycles. The molecule has 0 radical (unpaired) electrons. The van der Waals surface area contributed by atoms with Crippen LogP contribution in [0.2, 0.25) is 0 Å². The summed E-state index contributed by atoms with van der Waals surface area (Å²) in [5, 5.41) is 0. The Kier molecular flexibility index (Phi) is 7.12. The van der Waals surface area contributed by atoms with Crippen LogP contribution in [0.3, 0.4) is 0 Å². The molecule has 7 nitrogen and oxygen atoms in total. The molecule has 1 heterocycles. The van der Waals surface area contributed by atoms with Crippen LogP contribution in [-0.4, -0.2) is 27.1 Å². The molecule has 0 aliphatic carbocycles. The lowest BCUT2D eigenvalue weighted by Crippen LogP contribution is -2.31. The molecule has 0 atom stereocenters. The van der Waals surface area contributed by atoms with E-state index in [0.29, 0.717) is 41.0 Å². The summed E-state index contributed by atoms with van der Waals surface area (Å²) >= 11 is 0. The molecule has 182 valence electrons. The summed E-state index contributed by atoms with van der Waals surface area (Å²) in [5.41, 5.74) is 2.43. The molecule has 0 spiro atoms. The van der Waals surface area contributed by atoms with Gasteiger partial charge in [0.2, 0.25) is 5.89 Å². The third kappa shape index (κ3) is 5.17. The summed E-state index contributed by atoms with van der Waals surface area (Å²) in [5.74, 6) is 2.27. The fourth-order valence-corrected chi connectivity index (χ4v) is 5.39. The van der Waals surface area contributed by atoms with Crippen molar-refractivity contribution in [3.8, 4) is 23.0 Å². The van der Waals surface area contributed by atoms with Crippen LogP contribution >= 0.6 is 0 Å². The van der Waals surface area contributed by atoms with Gasteiger partial charge in [-0.1, -0.05) is 24.3 Å². The van der Waals surface area contributed by atoms with E-state index >= 15 is 0 Å². The van der Waals surface area contributed by atoms with Crippen molar-refractivity contribution >= 4 is 15.7 Å². The second-order valence-corrected chi connectivity index (χ2v) is 9.79. The number of hydrogen-bond acceptors (Lipinski definition) is 6. The number of methoxy groups -OCH3 is 1. The van der Waals surface area contributed by atoms with Crippen molar-refractivity contribution in [3.05, 3.63) is 89.8 Å². The highest BCUT2D eigenvalue weighted by molar-refractivity contribution is 7.92. The van der Waals surface area contributed by atoms with Gasteiger partial charge < -0.3 is 13.9 Å². The van der Waals surface area contributed by atoms with Gasteiger partial charge >= 0.3 is 0 Å². The second-order valence-electron chi connectivity index (χ2n) is 7.96. The molecule has 0 amide bonds. The molecule has 0 N–H and O–H groups in total. The number of rotatable bonds is 9. The summed E-state index contributed by atoms with van der Waals surface area (Å²) in [6.07, 6.45) is 0. The van der Waals surface area contributed by atoms with Crippen molar-refractivity contribution < 1.29 is 22.3 Å². The molecule has 1 aromatic heterocycles. The number of aromatic nitrogens is 1. The molecule has 4 rings (SSSR count). The number of benzene rings is 3. The molecular weight excluding hydrogens is 464 g/mol. The van der Waals surface area contributed by atoms with Crippen molar-refractivity contribution in [3.63, 3.8) is 0 Å². The Morgan fingerprint density at radius 2 is 1.69 bits per heavy atom. The Balaban J connectivity index is 1.75. The zero-order chi connectivity index (χ0) is 25.0. The number of aryl methyl sites for hydroxylation is 2. The Labute approximate surface area is 206 Å². The van der Waals surface area contributed by atoms with Gasteiger partial charge in [0.15, 0.2) is 0 Å². The molecule has 0 bridgehead atoms. The fourth-order valence-electron chi connectivity index (χ4n) is 3.74. The lowest BCUT2D eigenvalue weighted by atomic mass is 10.2. The summed E-state index contributed by atoms with van der Waals surface area (Å²) < 4.78 is 45.8. The van der Waals surface area contributed by atoms with Crippen molar-refractivity contribution in [2.75, 3.05) is 18.0 Å². The minimum atomic E-state index is -3.91. The number of sulfonamides is 1. The predicted octanol–water partition coefficient (Wildman–Crippen LogP) is 5.76. The number of ether oxygens (including phenoxy) is 2. The van der Waals surface area contributed by atoms with Crippen molar-refractivity contribution in [2.45, 2.75) is 32.2 Å². The van der Waals surface area contributed by atoms with Crippen molar-refractivity contribution in [1.82, 2.24) is 4.98 Å². The first kappa shape index (κ1) is 24.3. The van der Waals surface area contributed by atoms with E-state index in [1.165, 1.54) is 4.31 Å². The molecular formula is C27H28N2O5S. The van der Waals surface area contributed by atoms with Gasteiger partial charge in [-0.25, -0.2) is 13.4 Å². The molecule has 3 aromatic carbocycles. The largest absolute Gasteiger partial charge is 0.497 e. The predicted molar refractivity (Wildman–Crippen MR) is 135 cm³/mol. The summed E-state index contributed by atoms with van der Waals surface area (Å²) in [7, 11) is -2.37. The van der Waals surface area contributed by atoms with Crippen LogP contribution in [0.5, 0.6) is 11.5 Å². The van der Waals surface area contributed by atoms with E-state index in [4.69, 9.17) is 13.9 Å². The fraction of sp³-hybridized carbons (Fsp3) is 0.222. The number of nitrogens with zero attached hydrogens (tertiary/aromatic N) is 2. The third-order valence-corrected chi connectivity index (χ3v) is 7.54. The van der Waals surface area contributed by atoms with Crippen LogP contribution in [0, 0.1) is 13.8 Å². The van der Waals surface area contributed by atoms with Gasteiger partial charge in [0, 0.05) is 11.6 Å². The van der Waals surface area contributed by atoms with Crippen LogP contribution in [-0.2, 0) is 16.6 Å². The van der Waals surface area contributed by atoms with E-state index in [2.05, 4.69) is 4.98 Å². The molecule has 0 aliphatic heterocycles. The molecule has 0 fully saturated rings. The Morgan fingerprint density at radius 1 is 0.943 bits per heavy atom. The van der Waals surface area contributed by atoms with Gasteiger partial charge in [-0.2, -0.15) is 0 Å². The van der Waals surface area contributed by atoms with Crippen LogP contribution in [0.25, 0.3) is 11.5 Å². The minimum absolute atomic E-state index is 0.00377. The quantitative estimate of drug-likeness (QED) is 0.295. The Bertz CT molecular complexity index is 1410. The van der Waals surface area contributed by atoms with E-state index in [1.54, 1.807) is 63.4 Å². The van der Waals surface area contributed by atoms with Crippen LogP contribution < -0.4 is 13.8 Å². The number of hydrogen-bond donors (Lipinski definition) is 0. The average Bonchev–Trinajstić information content (AvgIpc) is 3.23. The van der Waals surface area contributed by atoms with Gasteiger partial charge in [-0.15, -0.1) is 0 Å². The molecule has 4 aromatic rings. The smallest absolute Gasteiger partial charge is 0.264 e. The van der Waals surface area contributed by atoms with Gasteiger partial charge in [-0.05, 0) is 68.8 Å². The highest BCUT2D eigenvalue weighted by atomic mass is 32.2. The summed E-state index contributed by atoms with van der Waals surface area (Å²) in [4.78, 5) is 4.88. The molecule has 35 heavy (non-hydrogen) atoms. The van der Waals surface area contributed by atoms with Crippen molar-refractivity contribution in [1.29, 1.82) is 0 Å². The van der Waals surface area contributed by atoms with Crippen molar-refractivity contribution in [2.24, 2.45) is 0 Å². The molecule has 8 heteroatoms. The SMILES string of the molecule is CCOc1ccc(-c2nc(CN(c3cccc(OC)c3)S(=O)(=O)c3ccccc3C)c(C)o2)cc1. The maximum Gasteiger partial charge on any atom is 0.264 e. The zero-order valence-electron chi connectivity index (χ0n) is 20.2. The second kappa shape index (κ2) is 10.2. The zero-order valence-corrected chi connectivity index (χ0v) is 21.0. The molecule has 0 aliphatic rings. The summed E-state index contributed by atoms with van der Waals surface area (Å²) in [6.45, 7) is 6.07. The average molecular weight is 493 g/mol. The van der Waals surface area contributed by atoms with Gasteiger partial charge in [-0.3, -0.25) is 4.31 Å². The maximum atomic E-state index is 13.9. The minimum Gasteiger partial charge on any atom is -0.497 e. The van der Waals surface area contributed by atoms with Crippen LogP contribution in [0.1, 0.15) is 23.9 Å². The highest BCUT2D eigenvalue weighted by Crippen LogP contribution is 2.32. The van der Waals surface area contributed by atoms with Crippen LogP contribution in [0.4, 0.5) is 5.69 Å². The monoisotopic (exact) mass is 492 g/mol. The summed E-state index contributed by atoms with van der Waals surface area (Å²) in [6, 6.07) is 21.3. The van der Waals surface area contributed by atoms with E-state index < -0.39 is 10.0 Å². The lowest BCUT2D eigenvalue weighted by molar-refractivity contribution is 0.340.